The summed E-state index contributed by atoms with van der Waals surface area (Å²) in [6, 6.07) is 0.373. The molecular weight excluding hydrogens is 312 g/mol. The highest BCUT2D eigenvalue weighted by molar-refractivity contribution is 5.84. The van der Waals surface area contributed by atoms with Crippen LogP contribution in [0.5, 0.6) is 0 Å². The first-order valence-electron chi connectivity index (χ1n) is 9.56. The molecule has 0 atom stereocenters. The topological polar surface area (TPSA) is 59.8 Å². The van der Waals surface area contributed by atoms with E-state index >= 15 is 0 Å². The molecule has 2 aromatic heterocycles. The molecule has 0 saturated heterocycles. The summed E-state index contributed by atoms with van der Waals surface area (Å²) < 4.78 is 1.84. The summed E-state index contributed by atoms with van der Waals surface area (Å²) in [5, 5.41) is 8.87. The Hall–Kier alpha value is -1.91. The van der Waals surface area contributed by atoms with Crippen LogP contribution in [0, 0.1) is 20.8 Å². The number of nitrogens with one attached hydrogen (secondary N) is 1. The summed E-state index contributed by atoms with van der Waals surface area (Å²) in [6.07, 6.45) is 8.63. The van der Waals surface area contributed by atoms with E-state index < -0.39 is 0 Å². The number of fused-ring (bicyclic) bond motifs is 1. The van der Waals surface area contributed by atoms with Crippen molar-refractivity contribution in [1.82, 2.24) is 20.1 Å². The molecule has 2 heterocycles. The number of pyridine rings is 1. The number of aryl methyl sites for hydroxylation is 4. The maximum absolute atomic E-state index is 12.4. The smallest absolute Gasteiger partial charge is 0.220 e. The Morgan fingerprint density at radius 3 is 2.48 bits per heavy atom. The second kappa shape index (κ2) is 7.54. The van der Waals surface area contributed by atoms with Crippen molar-refractivity contribution in [1.29, 1.82) is 0 Å². The Morgan fingerprint density at radius 2 is 1.80 bits per heavy atom. The highest BCUT2D eigenvalue weighted by atomic mass is 16.1. The van der Waals surface area contributed by atoms with Gasteiger partial charge in [-0.1, -0.05) is 25.7 Å². The van der Waals surface area contributed by atoms with E-state index in [4.69, 9.17) is 4.98 Å². The highest BCUT2D eigenvalue weighted by Gasteiger charge is 2.18. The average Bonchev–Trinajstić information content (AvgIpc) is 2.74. The van der Waals surface area contributed by atoms with Crippen molar-refractivity contribution in [3.63, 3.8) is 0 Å². The standard InChI is InChI=1S/C20H30N4O/c1-13-17(14(2)21-20-19(13)15(3)23-24(20)4)11-12-18(25)22-16-9-7-5-6-8-10-16/h16H,5-12H2,1-4H3,(H,22,25). The van der Waals surface area contributed by atoms with Gasteiger partial charge >= 0.3 is 0 Å². The summed E-state index contributed by atoms with van der Waals surface area (Å²) >= 11 is 0. The predicted octanol–water partition coefficient (Wildman–Crippen LogP) is 3.67. The van der Waals surface area contributed by atoms with Crippen molar-refractivity contribution < 1.29 is 4.79 Å². The normalized spacial score (nSPS) is 16.2. The van der Waals surface area contributed by atoms with Gasteiger partial charge in [0.25, 0.3) is 0 Å². The minimum atomic E-state index is 0.175. The zero-order valence-corrected chi connectivity index (χ0v) is 16.0. The highest BCUT2D eigenvalue weighted by Crippen LogP contribution is 2.26. The Balaban J connectivity index is 1.70. The first-order valence-corrected chi connectivity index (χ1v) is 9.56. The number of rotatable bonds is 4. The van der Waals surface area contributed by atoms with Crippen molar-refractivity contribution in [3.8, 4) is 0 Å². The number of carbonyl (C=O) groups is 1. The first kappa shape index (κ1) is 17.9. The number of amides is 1. The number of hydrogen-bond acceptors (Lipinski definition) is 3. The monoisotopic (exact) mass is 342 g/mol. The Kier molecular flexibility index (Phi) is 5.40. The average molecular weight is 342 g/mol. The molecule has 1 amide bonds. The number of aromatic nitrogens is 3. The fraction of sp³-hybridized carbons (Fsp3) is 0.650. The van der Waals surface area contributed by atoms with Gasteiger partial charge in [0.05, 0.1) is 5.69 Å². The lowest BCUT2D eigenvalue weighted by Crippen LogP contribution is -2.34. The van der Waals surface area contributed by atoms with Gasteiger partial charge in [0.15, 0.2) is 5.65 Å². The predicted molar refractivity (Wildman–Crippen MR) is 101 cm³/mol. The van der Waals surface area contributed by atoms with Crippen LogP contribution in [-0.4, -0.2) is 26.7 Å². The van der Waals surface area contributed by atoms with Crippen LogP contribution in [0.25, 0.3) is 11.0 Å². The third kappa shape index (κ3) is 3.86. The molecule has 0 unspecified atom stereocenters. The van der Waals surface area contributed by atoms with Crippen LogP contribution in [-0.2, 0) is 18.3 Å². The van der Waals surface area contributed by atoms with Crippen LogP contribution < -0.4 is 5.32 Å². The largest absolute Gasteiger partial charge is 0.353 e. The molecule has 2 aromatic rings. The molecule has 5 heteroatoms. The van der Waals surface area contributed by atoms with Crippen LogP contribution in [0.2, 0.25) is 0 Å². The second-order valence-electron chi connectivity index (χ2n) is 7.46. The van der Waals surface area contributed by atoms with Crippen LogP contribution in [0.1, 0.15) is 67.5 Å². The lowest BCUT2D eigenvalue weighted by Gasteiger charge is -2.17. The number of nitrogens with zero attached hydrogens (tertiary/aromatic N) is 3. The Bertz CT molecular complexity index is 770. The maximum atomic E-state index is 12.4. The van der Waals surface area contributed by atoms with Crippen molar-refractivity contribution in [3.05, 3.63) is 22.5 Å². The zero-order chi connectivity index (χ0) is 18.0. The van der Waals surface area contributed by atoms with Crippen molar-refractivity contribution in [2.45, 2.75) is 78.2 Å². The van der Waals surface area contributed by atoms with E-state index in [-0.39, 0.29) is 5.91 Å². The van der Waals surface area contributed by atoms with Gasteiger partial charge in [-0.3, -0.25) is 9.48 Å². The number of carbonyl (C=O) groups excluding carboxylic acids is 1. The van der Waals surface area contributed by atoms with Gasteiger partial charge in [-0.2, -0.15) is 5.10 Å². The molecule has 136 valence electrons. The van der Waals surface area contributed by atoms with Crippen LogP contribution >= 0.6 is 0 Å². The molecule has 0 bridgehead atoms. The molecule has 0 aromatic carbocycles. The van der Waals surface area contributed by atoms with Crippen LogP contribution in [0.3, 0.4) is 0 Å². The molecule has 0 spiro atoms. The van der Waals surface area contributed by atoms with E-state index in [1.54, 1.807) is 0 Å². The molecule has 1 aliphatic rings. The van der Waals surface area contributed by atoms with E-state index in [2.05, 4.69) is 17.3 Å². The molecule has 1 aliphatic carbocycles. The van der Waals surface area contributed by atoms with Gasteiger partial charge in [-0.25, -0.2) is 4.98 Å². The third-order valence-electron chi connectivity index (χ3n) is 5.55. The molecule has 1 N–H and O–H groups in total. The van der Waals surface area contributed by atoms with Crippen molar-refractivity contribution in [2.75, 3.05) is 0 Å². The minimum absolute atomic E-state index is 0.175. The summed E-state index contributed by atoms with van der Waals surface area (Å²) in [5.41, 5.74) is 5.36. The lowest BCUT2D eigenvalue weighted by atomic mass is 9.99. The van der Waals surface area contributed by atoms with Gasteiger partial charge in [0.2, 0.25) is 5.91 Å². The molecule has 5 nitrogen and oxygen atoms in total. The van der Waals surface area contributed by atoms with E-state index in [0.29, 0.717) is 12.5 Å². The summed E-state index contributed by atoms with van der Waals surface area (Å²) in [7, 11) is 1.93. The SMILES string of the molecule is Cc1nc2c(c(C)nn2C)c(C)c1CCC(=O)NC1CCCCCC1. The van der Waals surface area contributed by atoms with Crippen molar-refractivity contribution in [2.24, 2.45) is 7.05 Å². The Labute approximate surface area is 150 Å². The Morgan fingerprint density at radius 1 is 1.12 bits per heavy atom. The van der Waals surface area contributed by atoms with Crippen LogP contribution in [0.4, 0.5) is 0 Å². The fourth-order valence-corrected chi connectivity index (χ4v) is 4.19. The van der Waals surface area contributed by atoms with Crippen LogP contribution in [0.15, 0.2) is 0 Å². The minimum Gasteiger partial charge on any atom is -0.353 e. The molecular formula is C20H30N4O. The van der Waals surface area contributed by atoms with Gasteiger partial charge in [0.1, 0.15) is 0 Å². The van der Waals surface area contributed by atoms with Gasteiger partial charge < -0.3 is 5.32 Å². The molecule has 1 saturated carbocycles. The van der Waals surface area contributed by atoms with Gasteiger partial charge in [-0.15, -0.1) is 0 Å². The summed E-state index contributed by atoms with van der Waals surface area (Å²) in [6.45, 7) is 6.19. The molecule has 25 heavy (non-hydrogen) atoms. The van der Waals surface area contributed by atoms with Crippen molar-refractivity contribution >= 4 is 16.9 Å². The molecule has 3 rings (SSSR count). The molecule has 0 aliphatic heterocycles. The zero-order valence-electron chi connectivity index (χ0n) is 16.0. The first-order chi connectivity index (χ1) is 12.0. The lowest BCUT2D eigenvalue weighted by molar-refractivity contribution is -0.121. The third-order valence-corrected chi connectivity index (χ3v) is 5.55. The number of hydrogen-bond donors (Lipinski definition) is 1. The fourth-order valence-electron chi connectivity index (χ4n) is 4.19. The quantitative estimate of drug-likeness (QED) is 0.863. The van der Waals surface area contributed by atoms with Gasteiger partial charge in [-0.05, 0) is 51.2 Å². The van der Waals surface area contributed by atoms with E-state index in [0.717, 1.165) is 41.7 Å². The van der Waals surface area contributed by atoms with E-state index in [9.17, 15) is 4.79 Å². The molecule has 1 fully saturated rings. The second-order valence-corrected chi connectivity index (χ2v) is 7.46. The van der Waals surface area contributed by atoms with Gasteiger partial charge in [0, 0.05) is 30.6 Å². The summed E-state index contributed by atoms with van der Waals surface area (Å²) in [5.74, 6) is 0.175. The summed E-state index contributed by atoms with van der Waals surface area (Å²) in [4.78, 5) is 17.1. The van der Waals surface area contributed by atoms with E-state index in [1.807, 2.05) is 25.6 Å². The molecule has 0 radical (unpaired) electrons. The van der Waals surface area contributed by atoms with E-state index in [1.165, 1.54) is 36.8 Å². The maximum Gasteiger partial charge on any atom is 0.220 e.